The summed E-state index contributed by atoms with van der Waals surface area (Å²) in [6.45, 7) is 2.52. The second kappa shape index (κ2) is 10.6. The van der Waals surface area contributed by atoms with E-state index in [-0.39, 0.29) is 18.0 Å². The Bertz CT molecular complexity index is 1050. The Balaban J connectivity index is 1.33. The molecule has 7 nitrogen and oxygen atoms in total. The van der Waals surface area contributed by atoms with Crippen LogP contribution >= 0.6 is 0 Å². The highest BCUT2D eigenvalue weighted by Crippen LogP contribution is 2.36. The van der Waals surface area contributed by atoms with Crippen LogP contribution in [0.25, 0.3) is 0 Å². The van der Waals surface area contributed by atoms with E-state index in [1.54, 1.807) is 13.2 Å². The summed E-state index contributed by atoms with van der Waals surface area (Å²) in [7, 11) is 1.65. The Labute approximate surface area is 205 Å². The summed E-state index contributed by atoms with van der Waals surface area (Å²) in [5.74, 6) is -1.05. The predicted molar refractivity (Wildman–Crippen MR) is 130 cm³/mol. The molecule has 35 heavy (non-hydrogen) atoms. The quantitative estimate of drug-likeness (QED) is 0.608. The number of rotatable bonds is 7. The van der Waals surface area contributed by atoms with Crippen LogP contribution in [0.2, 0.25) is 0 Å². The standard InChI is InChI=1S/C26H35F2N5O2/c1-35-13-12-32-15-20(17-10-11-21(27)22(28)14-17)24(16-32)29-26(34)30-25-19-8-5-9-23(19)31-33(25)18-6-3-2-4-7-18/h10-11,14,18,20,24H,2-9,12-13,15-16H2,1H3,(H2,29,30,34)/t20-,24+/m0/s1. The fourth-order valence-corrected chi connectivity index (χ4v) is 5.96. The molecule has 0 bridgehead atoms. The number of carbonyl (C=O) groups excluding carboxylic acids is 1. The minimum atomic E-state index is -0.868. The van der Waals surface area contributed by atoms with Gasteiger partial charge in [0.1, 0.15) is 5.82 Å². The van der Waals surface area contributed by atoms with E-state index >= 15 is 0 Å². The molecule has 1 aromatic carbocycles. The maximum Gasteiger partial charge on any atom is 0.320 e. The van der Waals surface area contributed by atoms with Crippen LogP contribution in [0, 0.1) is 11.6 Å². The third kappa shape index (κ3) is 5.21. The molecule has 2 N–H and O–H groups in total. The van der Waals surface area contributed by atoms with Crippen molar-refractivity contribution in [3.05, 3.63) is 46.7 Å². The summed E-state index contributed by atoms with van der Waals surface area (Å²) in [5, 5.41) is 11.2. The number of anilines is 1. The molecule has 1 saturated heterocycles. The van der Waals surface area contributed by atoms with Crippen molar-refractivity contribution < 1.29 is 18.3 Å². The number of halogens is 2. The topological polar surface area (TPSA) is 71.4 Å². The van der Waals surface area contributed by atoms with Crippen LogP contribution in [0.4, 0.5) is 19.4 Å². The number of amides is 2. The van der Waals surface area contributed by atoms with Crippen molar-refractivity contribution in [1.82, 2.24) is 20.0 Å². The Kier molecular flexibility index (Phi) is 7.34. The second-order valence-electron chi connectivity index (χ2n) is 10.1. The van der Waals surface area contributed by atoms with E-state index in [9.17, 15) is 13.6 Å². The van der Waals surface area contributed by atoms with Crippen LogP contribution in [0.3, 0.4) is 0 Å². The molecule has 5 rings (SSSR count). The van der Waals surface area contributed by atoms with E-state index in [1.165, 1.54) is 25.3 Å². The molecule has 2 aromatic rings. The smallest absolute Gasteiger partial charge is 0.320 e. The molecule has 0 spiro atoms. The summed E-state index contributed by atoms with van der Waals surface area (Å²) in [6.07, 6.45) is 8.77. The summed E-state index contributed by atoms with van der Waals surface area (Å²) in [5.41, 5.74) is 2.95. The lowest BCUT2D eigenvalue weighted by Gasteiger charge is -2.25. The van der Waals surface area contributed by atoms with Crippen molar-refractivity contribution in [3.63, 3.8) is 0 Å². The lowest BCUT2D eigenvalue weighted by atomic mass is 9.94. The number of aromatic nitrogens is 2. The summed E-state index contributed by atoms with van der Waals surface area (Å²) < 4.78 is 34.8. The molecule has 0 unspecified atom stereocenters. The summed E-state index contributed by atoms with van der Waals surface area (Å²) in [4.78, 5) is 15.5. The van der Waals surface area contributed by atoms with Crippen LogP contribution in [0.1, 0.15) is 67.3 Å². The third-order valence-electron chi connectivity index (χ3n) is 7.78. The first-order chi connectivity index (χ1) is 17.0. The van der Waals surface area contributed by atoms with Gasteiger partial charge in [0.15, 0.2) is 11.6 Å². The normalized spacial score (nSPS) is 22.9. The first-order valence-electron chi connectivity index (χ1n) is 12.9. The Morgan fingerprint density at radius 3 is 2.71 bits per heavy atom. The highest BCUT2D eigenvalue weighted by atomic mass is 19.2. The van der Waals surface area contributed by atoms with E-state index in [0.717, 1.165) is 55.2 Å². The fourth-order valence-electron chi connectivity index (χ4n) is 5.96. The fraction of sp³-hybridized carbons (Fsp3) is 0.615. The minimum absolute atomic E-state index is 0.151. The molecule has 2 heterocycles. The van der Waals surface area contributed by atoms with E-state index in [4.69, 9.17) is 9.84 Å². The van der Waals surface area contributed by atoms with Gasteiger partial charge in [-0.25, -0.2) is 18.3 Å². The van der Waals surface area contributed by atoms with Gasteiger partial charge in [0.05, 0.1) is 24.4 Å². The molecule has 2 amide bonds. The molecule has 1 aromatic heterocycles. The summed E-state index contributed by atoms with van der Waals surface area (Å²) >= 11 is 0. The van der Waals surface area contributed by atoms with Crippen molar-refractivity contribution in [1.29, 1.82) is 0 Å². The first kappa shape index (κ1) is 24.2. The Morgan fingerprint density at radius 2 is 1.94 bits per heavy atom. The van der Waals surface area contributed by atoms with E-state index in [2.05, 4.69) is 20.2 Å². The van der Waals surface area contributed by atoms with Gasteiger partial charge in [-0.2, -0.15) is 5.10 Å². The molecule has 3 aliphatic rings. The van der Waals surface area contributed by atoms with Crippen LogP contribution in [-0.2, 0) is 17.6 Å². The zero-order chi connectivity index (χ0) is 24.4. The number of ether oxygens (including phenoxy) is 1. The minimum Gasteiger partial charge on any atom is -0.383 e. The molecule has 190 valence electrons. The van der Waals surface area contributed by atoms with Crippen molar-refractivity contribution in [2.75, 3.05) is 38.7 Å². The van der Waals surface area contributed by atoms with Gasteiger partial charge in [0, 0.05) is 38.2 Å². The van der Waals surface area contributed by atoms with Crippen LogP contribution < -0.4 is 10.6 Å². The molecule has 0 radical (unpaired) electrons. The molecular formula is C26H35F2N5O2. The second-order valence-corrected chi connectivity index (χ2v) is 10.1. The third-order valence-corrected chi connectivity index (χ3v) is 7.78. The number of hydrogen-bond acceptors (Lipinski definition) is 4. The Morgan fingerprint density at radius 1 is 1.11 bits per heavy atom. The molecule has 2 aliphatic carbocycles. The monoisotopic (exact) mass is 487 g/mol. The van der Waals surface area contributed by atoms with Crippen molar-refractivity contribution >= 4 is 11.8 Å². The number of aryl methyl sites for hydroxylation is 1. The number of likely N-dealkylation sites (tertiary alicyclic amines) is 1. The average molecular weight is 488 g/mol. The van der Waals surface area contributed by atoms with Gasteiger partial charge < -0.3 is 10.1 Å². The Hall–Kier alpha value is -2.52. The lowest BCUT2D eigenvalue weighted by Crippen LogP contribution is -2.43. The van der Waals surface area contributed by atoms with E-state index in [1.807, 2.05) is 0 Å². The zero-order valence-electron chi connectivity index (χ0n) is 20.4. The number of nitrogens with zero attached hydrogens (tertiary/aromatic N) is 3. The highest BCUT2D eigenvalue weighted by molar-refractivity contribution is 5.89. The molecule has 2 atom stereocenters. The maximum atomic E-state index is 14.0. The number of urea groups is 1. The largest absolute Gasteiger partial charge is 0.383 e. The van der Waals surface area contributed by atoms with Crippen LogP contribution in [0.15, 0.2) is 18.2 Å². The van der Waals surface area contributed by atoms with Gasteiger partial charge in [-0.3, -0.25) is 10.2 Å². The van der Waals surface area contributed by atoms with Gasteiger partial charge in [-0.05, 0) is 49.8 Å². The SMILES string of the molecule is COCCN1C[C@@H](NC(=O)Nc2c3c(nn2C2CCCCC2)CCC3)[C@H](c2ccc(F)c(F)c2)C1. The first-order valence-corrected chi connectivity index (χ1v) is 12.9. The van der Waals surface area contributed by atoms with Crippen LogP contribution in [0.5, 0.6) is 0 Å². The number of fused-ring (bicyclic) bond motifs is 1. The average Bonchev–Trinajstić information content (AvgIpc) is 3.56. The number of nitrogens with one attached hydrogen (secondary N) is 2. The number of hydrogen-bond donors (Lipinski definition) is 2. The lowest BCUT2D eigenvalue weighted by molar-refractivity contribution is 0.159. The molecule has 2 fully saturated rings. The molecular weight excluding hydrogens is 452 g/mol. The van der Waals surface area contributed by atoms with Crippen molar-refractivity contribution in [3.8, 4) is 0 Å². The molecule has 9 heteroatoms. The van der Waals surface area contributed by atoms with Gasteiger partial charge in [0.2, 0.25) is 0 Å². The van der Waals surface area contributed by atoms with Gasteiger partial charge in [-0.15, -0.1) is 0 Å². The van der Waals surface area contributed by atoms with Crippen molar-refractivity contribution in [2.45, 2.75) is 69.4 Å². The zero-order valence-corrected chi connectivity index (χ0v) is 20.4. The van der Waals surface area contributed by atoms with Crippen LogP contribution in [-0.4, -0.2) is 60.1 Å². The van der Waals surface area contributed by atoms with Gasteiger partial charge >= 0.3 is 6.03 Å². The molecule has 1 aliphatic heterocycles. The van der Waals surface area contributed by atoms with E-state index < -0.39 is 11.6 Å². The van der Waals surface area contributed by atoms with Gasteiger partial charge in [-0.1, -0.05) is 25.3 Å². The van der Waals surface area contributed by atoms with E-state index in [0.29, 0.717) is 37.8 Å². The summed E-state index contributed by atoms with van der Waals surface area (Å²) in [6, 6.07) is 3.83. The number of benzene rings is 1. The predicted octanol–water partition coefficient (Wildman–Crippen LogP) is 4.39. The maximum absolute atomic E-state index is 14.0. The number of carbonyl (C=O) groups is 1. The highest BCUT2D eigenvalue weighted by Gasteiger charge is 2.36. The van der Waals surface area contributed by atoms with Crippen molar-refractivity contribution in [2.24, 2.45) is 0 Å². The van der Waals surface area contributed by atoms with Gasteiger partial charge in [0.25, 0.3) is 0 Å². The molecule has 1 saturated carbocycles. The number of methoxy groups -OCH3 is 1.